The SMILES string of the molecule is CC/C=C\C(/C=C/c1c(N)cc(Nc2ccc(-c3cnco3)cc2)nc1OCC)=NC. The molecular formula is C24H27N5O2. The van der Waals surface area contributed by atoms with Gasteiger partial charge in [-0.05, 0) is 55.8 Å². The van der Waals surface area contributed by atoms with E-state index >= 15 is 0 Å². The number of nitrogens with zero attached hydrogens (tertiary/aromatic N) is 3. The van der Waals surface area contributed by atoms with Gasteiger partial charge in [0.25, 0.3) is 0 Å². The largest absolute Gasteiger partial charge is 0.477 e. The number of aliphatic imine (C=N–C) groups is 1. The van der Waals surface area contributed by atoms with Crippen molar-refractivity contribution < 1.29 is 9.15 Å². The van der Waals surface area contributed by atoms with Crippen molar-refractivity contribution in [3.63, 3.8) is 0 Å². The Bertz CT molecular complexity index is 1070. The molecule has 0 amide bonds. The lowest BCUT2D eigenvalue weighted by Gasteiger charge is -2.13. The molecule has 0 aliphatic carbocycles. The molecule has 0 bridgehead atoms. The number of ether oxygens (including phenoxy) is 1. The molecule has 0 unspecified atom stereocenters. The smallest absolute Gasteiger partial charge is 0.224 e. The lowest BCUT2D eigenvalue weighted by Crippen LogP contribution is -2.04. The number of nitrogens with two attached hydrogens (primary N) is 1. The van der Waals surface area contributed by atoms with Crippen LogP contribution in [0.3, 0.4) is 0 Å². The van der Waals surface area contributed by atoms with Gasteiger partial charge in [-0.25, -0.2) is 4.98 Å². The average molecular weight is 418 g/mol. The number of oxazole rings is 1. The molecule has 0 saturated heterocycles. The number of anilines is 3. The topological polar surface area (TPSA) is 98.6 Å². The molecule has 3 aromatic rings. The van der Waals surface area contributed by atoms with Crippen molar-refractivity contribution >= 4 is 29.0 Å². The number of benzene rings is 1. The van der Waals surface area contributed by atoms with Crippen LogP contribution in [0.15, 0.2) is 70.6 Å². The predicted octanol–water partition coefficient (Wildman–Crippen LogP) is 5.51. The molecule has 31 heavy (non-hydrogen) atoms. The molecule has 2 heterocycles. The van der Waals surface area contributed by atoms with E-state index in [1.807, 2.05) is 49.4 Å². The molecule has 0 atom stereocenters. The van der Waals surface area contributed by atoms with E-state index in [0.29, 0.717) is 29.8 Å². The minimum atomic E-state index is 0.467. The van der Waals surface area contributed by atoms with Crippen molar-refractivity contribution in [2.75, 3.05) is 24.7 Å². The summed E-state index contributed by atoms with van der Waals surface area (Å²) < 4.78 is 11.1. The van der Waals surface area contributed by atoms with Gasteiger partial charge >= 0.3 is 0 Å². The van der Waals surface area contributed by atoms with Gasteiger partial charge in [-0.3, -0.25) is 4.99 Å². The second-order valence-electron chi connectivity index (χ2n) is 6.61. The van der Waals surface area contributed by atoms with Crippen LogP contribution in [0.25, 0.3) is 17.4 Å². The van der Waals surface area contributed by atoms with E-state index in [2.05, 4.69) is 33.3 Å². The molecule has 2 aromatic heterocycles. The molecule has 0 spiro atoms. The lowest BCUT2D eigenvalue weighted by molar-refractivity contribution is 0.327. The van der Waals surface area contributed by atoms with Crippen molar-refractivity contribution in [3.05, 3.63) is 66.7 Å². The van der Waals surface area contributed by atoms with Gasteiger partial charge in [0.05, 0.1) is 24.1 Å². The summed E-state index contributed by atoms with van der Waals surface area (Å²) in [4.78, 5) is 12.8. The fourth-order valence-corrected chi connectivity index (χ4v) is 2.86. The molecule has 160 valence electrons. The minimum Gasteiger partial charge on any atom is -0.477 e. The number of aromatic nitrogens is 2. The second-order valence-corrected chi connectivity index (χ2v) is 6.61. The van der Waals surface area contributed by atoms with Gasteiger partial charge in [-0.2, -0.15) is 4.98 Å². The second kappa shape index (κ2) is 10.8. The van der Waals surface area contributed by atoms with Gasteiger partial charge in [0.2, 0.25) is 5.88 Å². The van der Waals surface area contributed by atoms with E-state index in [1.165, 1.54) is 6.39 Å². The molecule has 1 aromatic carbocycles. The number of nitrogen functional groups attached to an aromatic ring is 1. The standard InChI is InChI=1S/C24H27N5O2/c1-4-6-7-18(26-3)12-13-20-21(25)14-23(29-24(20)30-5-2)28-19-10-8-17(9-11-19)22-15-27-16-31-22/h6-16H,4-5H2,1-3H3,(H3,25,28,29)/b7-6-,13-12+,26-18?. The van der Waals surface area contributed by atoms with Gasteiger partial charge < -0.3 is 20.2 Å². The van der Waals surface area contributed by atoms with Crippen LogP contribution in [0.4, 0.5) is 17.2 Å². The van der Waals surface area contributed by atoms with E-state index in [1.54, 1.807) is 19.3 Å². The van der Waals surface area contributed by atoms with E-state index in [-0.39, 0.29) is 0 Å². The molecule has 0 fully saturated rings. The van der Waals surface area contributed by atoms with Crippen LogP contribution in [0.5, 0.6) is 5.88 Å². The summed E-state index contributed by atoms with van der Waals surface area (Å²) >= 11 is 0. The summed E-state index contributed by atoms with van der Waals surface area (Å²) in [5.74, 6) is 1.78. The van der Waals surface area contributed by atoms with Gasteiger partial charge in [-0.1, -0.05) is 13.0 Å². The number of hydrogen-bond acceptors (Lipinski definition) is 7. The third-order valence-corrected chi connectivity index (χ3v) is 4.41. The van der Waals surface area contributed by atoms with Crippen molar-refractivity contribution in [3.8, 4) is 17.2 Å². The van der Waals surface area contributed by atoms with Gasteiger partial charge in [0, 0.05) is 30.1 Å². The summed E-state index contributed by atoms with van der Waals surface area (Å²) in [5, 5.41) is 3.27. The first-order valence-corrected chi connectivity index (χ1v) is 10.1. The van der Waals surface area contributed by atoms with Crippen LogP contribution >= 0.6 is 0 Å². The zero-order valence-corrected chi connectivity index (χ0v) is 18.0. The van der Waals surface area contributed by atoms with E-state index < -0.39 is 0 Å². The van der Waals surface area contributed by atoms with Crippen LogP contribution in [0, 0.1) is 0 Å². The highest BCUT2D eigenvalue weighted by Crippen LogP contribution is 2.29. The Kier molecular flexibility index (Phi) is 7.59. The normalized spacial score (nSPS) is 12.0. The summed E-state index contributed by atoms with van der Waals surface area (Å²) in [6.45, 7) is 4.47. The first-order chi connectivity index (χ1) is 15.1. The molecule has 3 N–H and O–H groups in total. The highest BCUT2D eigenvalue weighted by atomic mass is 16.5. The Morgan fingerprint density at radius 1 is 1.23 bits per heavy atom. The third-order valence-electron chi connectivity index (χ3n) is 4.41. The first-order valence-electron chi connectivity index (χ1n) is 10.1. The maximum Gasteiger partial charge on any atom is 0.224 e. The molecule has 0 aliphatic heterocycles. The van der Waals surface area contributed by atoms with Crippen molar-refractivity contribution in [1.82, 2.24) is 9.97 Å². The molecule has 0 radical (unpaired) electrons. The Balaban J connectivity index is 1.83. The first kappa shape index (κ1) is 21.8. The van der Waals surface area contributed by atoms with Crippen molar-refractivity contribution in [2.45, 2.75) is 20.3 Å². The molecular weight excluding hydrogens is 390 g/mol. The zero-order chi connectivity index (χ0) is 22.1. The molecule has 3 rings (SSSR count). The Morgan fingerprint density at radius 2 is 2.03 bits per heavy atom. The van der Waals surface area contributed by atoms with Gasteiger partial charge in [0.1, 0.15) is 5.82 Å². The van der Waals surface area contributed by atoms with Gasteiger partial charge in [0.15, 0.2) is 12.2 Å². The highest BCUT2D eigenvalue weighted by molar-refractivity contribution is 6.06. The quantitative estimate of drug-likeness (QED) is 0.445. The van der Waals surface area contributed by atoms with E-state index in [0.717, 1.165) is 28.9 Å². The van der Waals surface area contributed by atoms with Crippen molar-refractivity contribution in [1.29, 1.82) is 0 Å². The number of nitrogens with one attached hydrogen (secondary N) is 1. The Labute approximate surface area is 182 Å². The summed E-state index contributed by atoms with van der Waals surface area (Å²) in [6, 6.07) is 9.56. The molecule has 7 nitrogen and oxygen atoms in total. The molecule has 7 heteroatoms. The monoisotopic (exact) mass is 417 g/mol. The van der Waals surface area contributed by atoms with Crippen LogP contribution in [-0.4, -0.2) is 29.3 Å². The maximum absolute atomic E-state index is 6.33. The summed E-state index contributed by atoms with van der Waals surface area (Å²) in [7, 11) is 1.76. The lowest BCUT2D eigenvalue weighted by atomic mass is 10.1. The van der Waals surface area contributed by atoms with E-state index in [4.69, 9.17) is 14.9 Å². The summed E-state index contributed by atoms with van der Waals surface area (Å²) in [5.41, 5.74) is 10.3. The number of allylic oxidation sites excluding steroid dienone is 3. The third kappa shape index (κ3) is 5.82. The van der Waals surface area contributed by atoms with Crippen LogP contribution in [0.1, 0.15) is 25.8 Å². The highest BCUT2D eigenvalue weighted by Gasteiger charge is 2.11. The predicted molar refractivity (Wildman–Crippen MR) is 127 cm³/mol. The fourth-order valence-electron chi connectivity index (χ4n) is 2.86. The van der Waals surface area contributed by atoms with Crippen LogP contribution in [-0.2, 0) is 0 Å². The molecule has 0 saturated carbocycles. The molecule has 0 aliphatic rings. The zero-order valence-electron chi connectivity index (χ0n) is 18.0. The average Bonchev–Trinajstić information content (AvgIpc) is 3.31. The Morgan fingerprint density at radius 3 is 2.68 bits per heavy atom. The number of rotatable bonds is 9. The fraction of sp³-hybridized carbons (Fsp3) is 0.208. The Hall–Kier alpha value is -3.87. The number of hydrogen-bond donors (Lipinski definition) is 2. The van der Waals surface area contributed by atoms with Crippen LogP contribution < -0.4 is 15.8 Å². The number of pyridine rings is 1. The van der Waals surface area contributed by atoms with E-state index in [9.17, 15) is 0 Å². The van der Waals surface area contributed by atoms with Crippen molar-refractivity contribution in [2.24, 2.45) is 4.99 Å². The summed E-state index contributed by atoms with van der Waals surface area (Å²) in [6.07, 6.45) is 11.8. The van der Waals surface area contributed by atoms with Crippen LogP contribution in [0.2, 0.25) is 0 Å². The maximum atomic E-state index is 6.33. The minimum absolute atomic E-state index is 0.467. The van der Waals surface area contributed by atoms with Gasteiger partial charge in [-0.15, -0.1) is 0 Å².